The van der Waals surface area contributed by atoms with Crippen LogP contribution in [0.4, 0.5) is 4.79 Å². The van der Waals surface area contributed by atoms with Crippen molar-refractivity contribution in [1.29, 1.82) is 0 Å². The molecule has 22 heavy (non-hydrogen) atoms. The van der Waals surface area contributed by atoms with E-state index in [1.165, 1.54) is 0 Å². The van der Waals surface area contributed by atoms with E-state index in [1.807, 2.05) is 35.0 Å². The summed E-state index contributed by atoms with van der Waals surface area (Å²) in [7, 11) is 1.64. The lowest BCUT2D eigenvalue weighted by Crippen LogP contribution is -2.16. The van der Waals surface area contributed by atoms with Crippen LogP contribution >= 0.6 is 0 Å². The van der Waals surface area contributed by atoms with Crippen LogP contribution in [0.15, 0.2) is 48.7 Å². The number of fused-ring (bicyclic) bond motifs is 1. The van der Waals surface area contributed by atoms with Crippen LogP contribution < -0.4 is 15.2 Å². The number of hydrogen-bond donors (Lipinski definition) is 1. The molecule has 0 aliphatic carbocycles. The van der Waals surface area contributed by atoms with Gasteiger partial charge in [-0.05, 0) is 35.9 Å². The van der Waals surface area contributed by atoms with E-state index in [4.69, 9.17) is 15.2 Å². The smallest absolute Gasteiger partial charge is 0.409 e. The third-order valence-electron chi connectivity index (χ3n) is 3.32. The molecule has 3 rings (SSSR count). The highest BCUT2D eigenvalue weighted by atomic mass is 16.5. The summed E-state index contributed by atoms with van der Waals surface area (Å²) in [5, 5.41) is 5.25. The molecule has 0 aliphatic rings. The van der Waals surface area contributed by atoms with Crippen molar-refractivity contribution < 1.29 is 14.3 Å². The Kier molecular flexibility index (Phi) is 3.65. The number of hydrogen-bond acceptors (Lipinski definition) is 4. The van der Waals surface area contributed by atoms with Crippen molar-refractivity contribution in [3.63, 3.8) is 0 Å². The molecule has 0 bridgehead atoms. The maximum absolute atomic E-state index is 10.8. The third kappa shape index (κ3) is 2.85. The molecule has 0 radical (unpaired) electrons. The number of aromatic nitrogens is 2. The van der Waals surface area contributed by atoms with E-state index in [2.05, 4.69) is 5.10 Å². The summed E-state index contributed by atoms with van der Waals surface area (Å²) in [6.07, 6.45) is 0.900. The van der Waals surface area contributed by atoms with Gasteiger partial charge in [-0.15, -0.1) is 0 Å². The molecule has 0 spiro atoms. The van der Waals surface area contributed by atoms with Crippen molar-refractivity contribution in [2.75, 3.05) is 7.11 Å². The van der Waals surface area contributed by atoms with Crippen LogP contribution in [-0.4, -0.2) is 23.0 Å². The molecule has 3 aromatic rings. The van der Waals surface area contributed by atoms with E-state index in [0.717, 1.165) is 22.2 Å². The predicted octanol–water partition coefficient (Wildman–Crippen LogP) is 2.55. The van der Waals surface area contributed by atoms with E-state index in [-0.39, 0.29) is 0 Å². The van der Waals surface area contributed by atoms with E-state index in [0.29, 0.717) is 12.3 Å². The summed E-state index contributed by atoms with van der Waals surface area (Å²) in [6.45, 7) is 0.642. The van der Waals surface area contributed by atoms with Gasteiger partial charge in [0, 0.05) is 5.39 Å². The Balaban J connectivity index is 1.86. The third-order valence-corrected chi connectivity index (χ3v) is 3.32. The minimum atomic E-state index is -0.829. The Labute approximate surface area is 127 Å². The van der Waals surface area contributed by atoms with Crippen molar-refractivity contribution >= 4 is 17.0 Å². The molecule has 0 aliphatic heterocycles. The predicted molar refractivity (Wildman–Crippen MR) is 82.0 cm³/mol. The van der Waals surface area contributed by atoms with Gasteiger partial charge in [0.05, 0.1) is 25.4 Å². The minimum Gasteiger partial charge on any atom is -0.497 e. The number of rotatable bonds is 4. The van der Waals surface area contributed by atoms with Gasteiger partial charge in [-0.1, -0.05) is 12.1 Å². The SMILES string of the molecule is COc1ccc(Cn2ncc3cc(OC(N)=O)ccc32)cc1. The zero-order valence-electron chi connectivity index (χ0n) is 12.0. The fraction of sp³-hybridized carbons (Fsp3) is 0.125. The Morgan fingerprint density at radius 1 is 1.18 bits per heavy atom. The van der Waals surface area contributed by atoms with Crippen LogP contribution in [0.3, 0.4) is 0 Å². The van der Waals surface area contributed by atoms with Gasteiger partial charge in [-0.3, -0.25) is 4.68 Å². The lowest BCUT2D eigenvalue weighted by molar-refractivity contribution is 0.211. The number of carbonyl (C=O) groups is 1. The molecule has 6 nitrogen and oxygen atoms in total. The number of primary amides is 1. The molecule has 1 amide bonds. The average Bonchev–Trinajstić information content (AvgIpc) is 2.90. The number of amides is 1. The normalized spacial score (nSPS) is 10.6. The van der Waals surface area contributed by atoms with Crippen LogP contribution in [-0.2, 0) is 6.54 Å². The Bertz CT molecular complexity index is 809. The van der Waals surface area contributed by atoms with Gasteiger partial charge >= 0.3 is 6.09 Å². The summed E-state index contributed by atoms with van der Waals surface area (Å²) < 4.78 is 11.9. The zero-order chi connectivity index (χ0) is 15.5. The summed E-state index contributed by atoms with van der Waals surface area (Å²) in [5.41, 5.74) is 7.07. The fourth-order valence-electron chi connectivity index (χ4n) is 2.27. The zero-order valence-corrected chi connectivity index (χ0v) is 12.0. The van der Waals surface area contributed by atoms with Crippen molar-refractivity contribution in [2.24, 2.45) is 5.73 Å². The highest BCUT2D eigenvalue weighted by Crippen LogP contribution is 2.22. The van der Waals surface area contributed by atoms with Crippen molar-refractivity contribution in [2.45, 2.75) is 6.54 Å². The fourth-order valence-corrected chi connectivity index (χ4v) is 2.27. The molecule has 0 unspecified atom stereocenters. The number of nitrogens with two attached hydrogens (primary N) is 1. The van der Waals surface area contributed by atoms with Gasteiger partial charge in [0.15, 0.2) is 0 Å². The molecule has 1 aromatic heterocycles. The summed E-state index contributed by atoms with van der Waals surface area (Å²) in [4.78, 5) is 10.8. The van der Waals surface area contributed by atoms with E-state index in [9.17, 15) is 4.79 Å². The highest BCUT2D eigenvalue weighted by Gasteiger charge is 2.06. The molecule has 2 N–H and O–H groups in total. The first-order valence-corrected chi connectivity index (χ1v) is 6.71. The second-order valence-electron chi connectivity index (χ2n) is 4.79. The monoisotopic (exact) mass is 297 g/mol. The largest absolute Gasteiger partial charge is 0.497 e. The second kappa shape index (κ2) is 5.77. The van der Waals surface area contributed by atoms with Gasteiger partial charge in [-0.2, -0.15) is 5.10 Å². The molecule has 2 aromatic carbocycles. The topological polar surface area (TPSA) is 79.4 Å². The maximum Gasteiger partial charge on any atom is 0.409 e. The number of ether oxygens (including phenoxy) is 2. The second-order valence-corrected chi connectivity index (χ2v) is 4.79. The first kappa shape index (κ1) is 13.9. The van der Waals surface area contributed by atoms with Crippen molar-refractivity contribution in [1.82, 2.24) is 9.78 Å². The van der Waals surface area contributed by atoms with Gasteiger partial charge in [0.25, 0.3) is 0 Å². The standard InChI is InChI=1S/C16H15N3O3/c1-21-13-4-2-11(3-5-13)10-19-15-7-6-14(22-16(17)20)8-12(15)9-18-19/h2-9H,10H2,1H3,(H2,17,20). The van der Waals surface area contributed by atoms with Gasteiger partial charge < -0.3 is 15.2 Å². The Morgan fingerprint density at radius 2 is 1.91 bits per heavy atom. The van der Waals surface area contributed by atoms with Crippen LogP contribution in [0, 0.1) is 0 Å². The minimum absolute atomic E-state index is 0.406. The lowest BCUT2D eigenvalue weighted by Gasteiger charge is -2.06. The van der Waals surface area contributed by atoms with E-state index in [1.54, 1.807) is 25.4 Å². The summed E-state index contributed by atoms with van der Waals surface area (Å²) >= 11 is 0. The van der Waals surface area contributed by atoms with Crippen LogP contribution in [0.1, 0.15) is 5.56 Å². The Morgan fingerprint density at radius 3 is 2.59 bits per heavy atom. The quantitative estimate of drug-likeness (QED) is 0.802. The molecule has 6 heteroatoms. The van der Waals surface area contributed by atoms with E-state index < -0.39 is 6.09 Å². The lowest BCUT2D eigenvalue weighted by atomic mass is 10.2. The number of nitrogens with zero attached hydrogens (tertiary/aromatic N) is 2. The molecule has 0 saturated carbocycles. The van der Waals surface area contributed by atoms with Crippen LogP contribution in [0.2, 0.25) is 0 Å². The molecule has 0 saturated heterocycles. The van der Waals surface area contributed by atoms with E-state index >= 15 is 0 Å². The highest BCUT2D eigenvalue weighted by molar-refractivity contribution is 5.81. The number of carbonyl (C=O) groups excluding carboxylic acids is 1. The molecule has 1 heterocycles. The molecular weight excluding hydrogens is 282 g/mol. The summed E-state index contributed by atoms with van der Waals surface area (Å²) in [6, 6.07) is 13.1. The van der Waals surface area contributed by atoms with Gasteiger partial charge in [-0.25, -0.2) is 4.79 Å². The molecule has 0 atom stereocenters. The summed E-state index contributed by atoms with van der Waals surface area (Å²) in [5.74, 6) is 1.23. The number of benzene rings is 2. The van der Waals surface area contributed by atoms with Crippen molar-refractivity contribution in [3.05, 3.63) is 54.2 Å². The number of methoxy groups -OCH3 is 1. The van der Waals surface area contributed by atoms with Gasteiger partial charge in [0.2, 0.25) is 0 Å². The molecular formula is C16H15N3O3. The molecule has 112 valence electrons. The van der Waals surface area contributed by atoms with Crippen molar-refractivity contribution in [3.8, 4) is 11.5 Å². The average molecular weight is 297 g/mol. The first-order valence-electron chi connectivity index (χ1n) is 6.71. The molecule has 0 fully saturated rings. The Hall–Kier alpha value is -3.02. The van der Waals surface area contributed by atoms with Crippen LogP contribution in [0.25, 0.3) is 10.9 Å². The van der Waals surface area contributed by atoms with Gasteiger partial charge in [0.1, 0.15) is 11.5 Å². The van der Waals surface area contributed by atoms with Crippen LogP contribution in [0.5, 0.6) is 11.5 Å². The first-order chi connectivity index (χ1) is 10.7. The maximum atomic E-state index is 10.8.